The Morgan fingerprint density at radius 1 is 1.18 bits per heavy atom. The number of ether oxygens (including phenoxy) is 1. The Kier molecular flexibility index (Phi) is 6.69. The largest absolute Gasteiger partial charge is 0.494 e. The number of benzene rings is 1. The highest BCUT2D eigenvalue weighted by molar-refractivity contribution is 7.15. The summed E-state index contributed by atoms with van der Waals surface area (Å²) in [5.41, 5.74) is 1.09. The van der Waals surface area contributed by atoms with Crippen LogP contribution in [0.25, 0.3) is 11.1 Å². The Labute approximate surface area is 231 Å². The number of fused-ring (bicyclic) bond motifs is 1. The van der Waals surface area contributed by atoms with Crippen LogP contribution < -0.4 is 15.0 Å². The molecule has 13 heteroatoms. The number of rotatable bonds is 6. The first-order valence-electron chi connectivity index (χ1n) is 12.4. The number of hydrogen-bond acceptors (Lipinski definition) is 8. The zero-order chi connectivity index (χ0) is 27.8. The lowest BCUT2D eigenvalue weighted by molar-refractivity contribution is 0.0961. The van der Waals surface area contributed by atoms with Crippen molar-refractivity contribution in [2.75, 3.05) is 23.9 Å². The number of pyridine rings is 1. The summed E-state index contributed by atoms with van der Waals surface area (Å²) in [5, 5.41) is 15.6. The van der Waals surface area contributed by atoms with E-state index in [0.717, 1.165) is 24.2 Å². The summed E-state index contributed by atoms with van der Waals surface area (Å²) in [6.07, 6.45) is 2.05. The third-order valence-corrected chi connectivity index (χ3v) is 7.26. The highest BCUT2D eigenvalue weighted by Crippen LogP contribution is 2.37. The van der Waals surface area contributed by atoms with Gasteiger partial charge >= 0.3 is 0 Å². The standard InChI is InChI=1S/C27H21F2N7O3S/c1-39-22-14-30-20(24(28)29)13-19(22)18-12-16(35-10-11-36-21(26(35)38)8-9-31-36)5-6-17(18)25(37)32-27-34-33-23(40-27)7-4-15-2-3-15/h5-6,8-9,12-15,24H,2-3,10-11H2,1H3,(H,32,34,37). The van der Waals surface area contributed by atoms with Crippen molar-refractivity contribution >= 4 is 34.0 Å². The lowest BCUT2D eigenvalue weighted by Crippen LogP contribution is -2.40. The quantitative estimate of drug-likeness (QED) is 0.347. The fraction of sp³-hybridized carbons (Fsp3) is 0.259. The van der Waals surface area contributed by atoms with E-state index in [-0.39, 0.29) is 33.5 Å². The van der Waals surface area contributed by atoms with E-state index in [1.54, 1.807) is 34.0 Å². The highest BCUT2D eigenvalue weighted by Gasteiger charge is 2.28. The molecule has 4 heterocycles. The predicted octanol–water partition coefficient (Wildman–Crippen LogP) is 4.42. The molecule has 0 bridgehead atoms. The number of aromatic nitrogens is 5. The van der Waals surface area contributed by atoms with Crippen LogP contribution >= 0.6 is 11.3 Å². The van der Waals surface area contributed by atoms with Crippen molar-refractivity contribution in [1.29, 1.82) is 0 Å². The lowest BCUT2D eigenvalue weighted by Gasteiger charge is -2.28. The predicted molar refractivity (Wildman–Crippen MR) is 143 cm³/mol. The van der Waals surface area contributed by atoms with Gasteiger partial charge in [0.25, 0.3) is 18.2 Å². The van der Waals surface area contributed by atoms with Gasteiger partial charge in [-0.05, 0) is 49.1 Å². The molecule has 6 rings (SSSR count). The van der Waals surface area contributed by atoms with Gasteiger partial charge in [-0.2, -0.15) is 5.10 Å². The fourth-order valence-corrected chi connectivity index (χ4v) is 4.93. The molecular formula is C27H21F2N7O3S. The number of nitrogens with one attached hydrogen (secondary N) is 1. The molecule has 4 aromatic rings. The Bertz CT molecular complexity index is 1690. The van der Waals surface area contributed by atoms with E-state index in [1.807, 2.05) is 0 Å². The number of alkyl halides is 2. The average Bonchev–Trinajstić information content (AvgIpc) is 3.47. The molecule has 1 aliphatic heterocycles. The third-order valence-electron chi connectivity index (χ3n) is 6.50. The van der Waals surface area contributed by atoms with E-state index < -0.39 is 18.0 Å². The number of halogens is 2. The zero-order valence-electron chi connectivity index (χ0n) is 21.1. The summed E-state index contributed by atoms with van der Waals surface area (Å²) in [6.45, 7) is 0.812. The molecule has 2 aliphatic rings. The van der Waals surface area contributed by atoms with Crippen molar-refractivity contribution in [2.24, 2.45) is 5.92 Å². The van der Waals surface area contributed by atoms with E-state index in [1.165, 1.54) is 25.4 Å². The van der Waals surface area contributed by atoms with Gasteiger partial charge in [0.2, 0.25) is 5.13 Å². The Morgan fingerprint density at radius 3 is 2.80 bits per heavy atom. The SMILES string of the molecule is COc1cnc(C(F)F)cc1-c1cc(N2CCn3nccc3C2=O)ccc1C(=O)Nc1nnc(C#CC2CC2)s1. The molecule has 10 nitrogen and oxygen atoms in total. The molecule has 1 aromatic carbocycles. The van der Waals surface area contributed by atoms with Crippen LogP contribution in [-0.4, -0.2) is 50.4 Å². The second kappa shape index (κ2) is 10.5. The number of carbonyl (C=O) groups is 2. The molecular weight excluding hydrogens is 540 g/mol. The molecule has 3 aromatic heterocycles. The first-order chi connectivity index (χ1) is 19.4. The molecule has 0 atom stereocenters. The van der Waals surface area contributed by atoms with E-state index in [9.17, 15) is 18.4 Å². The van der Waals surface area contributed by atoms with Crippen LogP contribution in [0.1, 0.15) is 50.8 Å². The van der Waals surface area contributed by atoms with Crippen LogP contribution in [0.15, 0.2) is 42.7 Å². The van der Waals surface area contributed by atoms with Crippen molar-refractivity contribution in [3.05, 3.63) is 64.7 Å². The van der Waals surface area contributed by atoms with Gasteiger partial charge in [0.15, 0.2) is 5.01 Å². The first kappa shape index (κ1) is 25.6. The van der Waals surface area contributed by atoms with Gasteiger partial charge in [-0.25, -0.2) is 8.78 Å². The van der Waals surface area contributed by atoms with Gasteiger partial charge < -0.3 is 9.64 Å². The van der Waals surface area contributed by atoms with Crippen molar-refractivity contribution < 1.29 is 23.1 Å². The topological polar surface area (TPSA) is 115 Å². The van der Waals surface area contributed by atoms with Gasteiger partial charge in [0, 0.05) is 41.0 Å². The molecule has 202 valence electrons. The zero-order valence-corrected chi connectivity index (χ0v) is 21.9. The van der Waals surface area contributed by atoms with Crippen molar-refractivity contribution in [3.8, 4) is 28.7 Å². The Morgan fingerprint density at radius 2 is 2.02 bits per heavy atom. The number of amides is 2. The van der Waals surface area contributed by atoms with Crippen molar-refractivity contribution in [3.63, 3.8) is 0 Å². The Hall–Kier alpha value is -4.70. The minimum absolute atomic E-state index is 0.156. The lowest BCUT2D eigenvalue weighted by atomic mass is 9.97. The molecule has 1 aliphatic carbocycles. The smallest absolute Gasteiger partial charge is 0.280 e. The maximum absolute atomic E-state index is 13.6. The highest BCUT2D eigenvalue weighted by atomic mass is 32.1. The fourth-order valence-electron chi connectivity index (χ4n) is 4.33. The van der Waals surface area contributed by atoms with E-state index >= 15 is 0 Å². The summed E-state index contributed by atoms with van der Waals surface area (Å²) in [6, 6.07) is 7.59. The number of carbonyl (C=O) groups excluding carboxylic acids is 2. The molecule has 1 saturated carbocycles. The molecule has 0 unspecified atom stereocenters. The van der Waals surface area contributed by atoms with Crippen LogP contribution in [0.3, 0.4) is 0 Å². The maximum Gasteiger partial charge on any atom is 0.280 e. The Balaban J connectivity index is 1.39. The van der Waals surface area contributed by atoms with Gasteiger partial charge in [-0.1, -0.05) is 17.3 Å². The number of hydrogen-bond donors (Lipinski definition) is 1. The number of anilines is 2. The summed E-state index contributed by atoms with van der Waals surface area (Å²) in [5.74, 6) is 5.84. The average molecular weight is 562 g/mol. The molecule has 2 amide bonds. The van der Waals surface area contributed by atoms with Crippen LogP contribution in [0.2, 0.25) is 0 Å². The summed E-state index contributed by atoms with van der Waals surface area (Å²) < 4.78 is 34.3. The third kappa shape index (κ3) is 5.01. The van der Waals surface area contributed by atoms with Gasteiger partial charge in [0.1, 0.15) is 17.1 Å². The van der Waals surface area contributed by atoms with Gasteiger partial charge in [-0.3, -0.25) is 24.6 Å². The molecule has 40 heavy (non-hydrogen) atoms. The summed E-state index contributed by atoms with van der Waals surface area (Å²) in [4.78, 5) is 32.0. The van der Waals surface area contributed by atoms with E-state index in [0.29, 0.717) is 35.4 Å². The van der Waals surface area contributed by atoms with Gasteiger partial charge in [-0.15, -0.1) is 10.2 Å². The summed E-state index contributed by atoms with van der Waals surface area (Å²) >= 11 is 1.14. The van der Waals surface area contributed by atoms with E-state index in [4.69, 9.17) is 4.74 Å². The molecule has 1 N–H and O–H groups in total. The van der Waals surface area contributed by atoms with Crippen molar-refractivity contribution in [1.82, 2.24) is 25.0 Å². The monoisotopic (exact) mass is 561 g/mol. The van der Waals surface area contributed by atoms with Crippen LogP contribution in [0, 0.1) is 17.8 Å². The molecule has 0 radical (unpaired) electrons. The number of methoxy groups -OCH3 is 1. The first-order valence-corrected chi connectivity index (χ1v) is 13.2. The maximum atomic E-state index is 13.6. The molecule has 0 saturated heterocycles. The molecule has 0 spiro atoms. The second-order valence-corrected chi connectivity index (χ2v) is 10.1. The minimum atomic E-state index is -2.84. The normalized spacial score (nSPS) is 14.5. The van der Waals surface area contributed by atoms with Crippen LogP contribution in [0.5, 0.6) is 5.75 Å². The summed E-state index contributed by atoms with van der Waals surface area (Å²) in [7, 11) is 1.38. The number of nitrogens with zero attached hydrogens (tertiary/aromatic N) is 6. The second-order valence-electron chi connectivity index (χ2n) is 9.15. The van der Waals surface area contributed by atoms with E-state index in [2.05, 4.69) is 37.4 Å². The minimum Gasteiger partial charge on any atom is -0.494 e. The van der Waals surface area contributed by atoms with Crippen LogP contribution in [0.4, 0.5) is 19.6 Å². The van der Waals surface area contributed by atoms with Crippen LogP contribution in [-0.2, 0) is 6.54 Å². The molecule has 1 fully saturated rings. The van der Waals surface area contributed by atoms with Gasteiger partial charge in [0.05, 0.1) is 19.9 Å². The van der Waals surface area contributed by atoms with Crippen molar-refractivity contribution in [2.45, 2.75) is 25.8 Å².